The fraction of sp³-hybridized carbons (Fsp3) is 0.571. The van der Waals surface area contributed by atoms with Gasteiger partial charge in [-0.1, -0.05) is 12.1 Å². The Morgan fingerprint density at radius 2 is 2.18 bits per heavy atom. The van der Waals surface area contributed by atoms with Crippen LogP contribution in [0.1, 0.15) is 24.4 Å². The van der Waals surface area contributed by atoms with E-state index in [1.54, 1.807) is 7.11 Å². The molecular weight excluding hydrogens is 212 g/mol. The highest BCUT2D eigenvalue weighted by Gasteiger charge is 2.23. The second kappa shape index (κ2) is 5.52. The van der Waals surface area contributed by atoms with Crippen LogP contribution in [0.15, 0.2) is 24.3 Å². The Bertz CT molecular complexity index is 361. The van der Waals surface area contributed by atoms with Gasteiger partial charge in [-0.3, -0.25) is 0 Å². The molecule has 0 spiro atoms. The maximum Gasteiger partial charge on any atom is 0.119 e. The minimum atomic E-state index is 0.408. The predicted octanol–water partition coefficient (Wildman–Crippen LogP) is 2.05. The van der Waals surface area contributed by atoms with Crippen LogP contribution in [0.4, 0.5) is 0 Å². The van der Waals surface area contributed by atoms with Crippen molar-refractivity contribution in [3.8, 4) is 5.75 Å². The van der Waals surface area contributed by atoms with Crippen LogP contribution in [0.3, 0.4) is 0 Å². The summed E-state index contributed by atoms with van der Waals surface area (Å²) in [5, 5.41) is 3.59. The van der Waals surface area contributed by atoms with Crippen molar-refractivity contribution < 1.29 is 4.74 Å². The van der Waals surface area contributed by atoms with Crippen molar-refractivity contribution in [1.82, 2.24) is 10.2 Å². The van der Waals surface area contributed by atoms with Gasteiger partial charge >= 0.3 is 0 Å². The summed E-state index contributed by atoms with van der Waals surface area (Å²) >= 11 is 0. The van der Waals surface area contributed by atoms with Crippen molar-refractivity contribution in [2.45, 2.75) is 24.9 Å². The first-order valence-electron chi connectivity index (χ1n) is 6.24. The molecule has 1 atom stereocenters. The molecule has 1 saturated carbocycles. The van der Waals surface area contributed by atoms with Gasteiger partial charge in [0.05, 0.1) is 7.11 Å². The Morgan fingerprint density at radius 1 is 1.41 bits per heavy atom. The maximum atomic E-state index is 5.28. The summed E-state index contributed by atoms with van der Waals surface area (Å²) in [6, 6.07) is 9.50. The lowest BCUT2D eigenvalue weighted by atomic mass is 10.1. The molecule has 0 bridgehead atoms. The van der Waals surface area contributed by atoms with Gasteiger partial charge in [-0.15, -0.1) is 0 Å². The Kier molecular flexibility index (Phi) is 4.02. The monoisotopic (exact) mass is 234 g/mol. The normalized spacial score (nSPS) is 17.2. The van der Waals surface area contributed by atoms with Gasteiger partial charge < -0.3 is 15.0 Å². The third-order valence-electron chi connectivity index (χ3n) is 3.28. The number of methoxy groups -OCH3 is 1. The third kappa shape index (κ3) is 3.45. The first-order valence-corrected chi connectivity index (χ1v) is 6.24. The highest BCUT2D eigenvalue weighted by atomic mass is 16.5. The lowest BCUT2D eigenvalue weighted by Gasteiger charge is -2.25. The zero-order valence-corrected chi connectivity index (χ0v) is 10.9. The van der Waals surface area contributed by atoms with E-state index in [4.69, 9.17) is 4.74 Å². The van der Waals surface area contributed by atoms with E-state index < -0.39 is 0 Å². The summed E-state index contributed by atoms with van der Waals surface area (Å²) in [6.45, 7) is 1.00. The van der Waals surface area contributed by atoms with Gasteiger partial charge in [0.1, 0.15) is 5.75 Å². The molecule has 0 heterocycles. The van der Waals surface area contributed by atoms with Crippen molar-refractivity contribution in [3.05, 3.63) is 29.8 Å². The molecule has 0 amide bonds. The fourth-order valence-electron chi connectivity index (χ4n) is 2.01. The van der Waals surface area contributed by atoms with Crippen LogP contribution >= 0.6 is 0 Å². The second-order valence-electron chi connectivity index (χ2n) is 4.94. The summed E-state index contributed by atoms with van der Waals surface area (Å²) in [7, 11) is 5.96. The quantitative estimate of drug-likeness (QED) is 0.815. The summed E-state index contributed by atoms with van der Waals surface area (Å²) in [6.07, 6.45) is 2.66. The first kappa shape index (κ1) is 12.4. The number of nitrogens with one attached hydrogen (secondary N) is 1. The van der Waals surface area contributed by atoms with Crippen LogP contribution in [-0.4, -0.2) is 38.7 Å². The Morgan fingerprint density at radius 3 is 2.76 bits per heavy atom. The summed E-state index contributed by atoms with van der Waals surface area (Å²) < 4.78 is 5.28. The van der Waals surface area contributed by atoms with Crippen LogP contribution in [-0.2, 0) is 0 Å². The van der Waals surface area contributed by atoms with Crippen molar-refractivity contribution in [1.29, 1.82) is 0 Å². The lowest BCUT2D eigenvalue weighted by molar-refractivity contribution is 0.287. The van der Waals surface area contributed by atoms with E-state index >= 15 is 0 Å². The van der Waals surface area contributed by atoms with Gasteiger partial charge in [0, 0.05) is 18.6 Å². The highest BCUT2D eigenvalue weighted by Crippen LogP contribution is 2.24. The van der Waals surface area contributed by atoms with Gasteiger partial charge in [-0.05, 0) is 44.6 Å². The molecule has 1 aromatic rings. The van der Waals surface area contributed by atoms with Gasteiger partial charge in [0.25, 0.3) is 0 Å². The number of hydrogen-bond donors (Lipinski definition) is 1. The number of benzene rings is 1. The second-order valence-corrected chi connectivity index (χ2v) is 4.94. The Hall–Kier alpha value is -1.06. The Balaban J connectivity index is 2.06. The smallest absolute Gasteiger partial charge is 0.119 e. The number of hydrogen-bond acceptors (Lipinski definition) is 3. The predicted molar refractivity (Wildman–Crippen MR) is 70.4 cm³/mol. The zero-order valence-electron chi connectivity index (χ0n) is 10.9. The molecule has 2 rings (SSSR count). The molecule has 1 aliphatic rings. The molecule has 1 fully saturated rings. The van der Waals surface area contributed by atoms with Crippen molar-refractivity contribution in [2.75, 3.05) is 27.7 Å². The standard InChI is InChI=1S/C14H22N2O/c1-16(2)14(10-15-12-7-8-12)11-5-4-6-13(9-11)17-3/h4-6,9,12,14-15H,7-8,10H2,1-3H3. The van der Waals surface area contributed by atoms with Crippen LogP contribution in [0, 0.1) is 0 Å². The summed E-state index contributed by atoms with van der Waals surface area (Å²) in [5.41, 5.74) is 1.31. The van der Waals surface area contributed by atoms with Crippen LogP contribution in [0.25, 0.3) is 0 Å². The summed E-state index contributed by atoms with van der Waals surface area (Å²) in [4.78, 5) is 2.25. The molecule has 3 nitrogen and oxygen atoms in total. The minimum Gasteiger partial charge on any atom is -0.497 e. The van der Waals surface area contributed by atoms with Gasteiger partial charge in [-0.25, -0.2) is 0 Å². The molecule has 0 saturated heterocycles. The average molecular weight is 234 g/mol. The van der Waals surface area contributed by atoms with E-state index in [1.807, 2.05) is 6.07 Å². The molecule has 3 heteroatoms. The average Bonchev–Trinajstić information content (AvgIpc) is 3.13. The number of likely N-dealkylation sites (N-methyl/N-ethyl adjacent to an activating group) is 1. The maximum absolute atomic E-state index is 5.28. The molecule has 1 N–H and O–H groups in total. The van der Waals surface area contributed by atoms with E-state index in [1.165, 1.54) is 18.4 Å². The van der Waals surface area contributed by atoms with Crippen LogP contribution in [0.5, 0.6) is 5.75 Å². The SMILES string of the molecule is COc1cccc(C(CNC2CC2)N(C)C)c1. The molecular formula is C14H22N2O. The van der Waals surface area contributed by atoms with Crippen LogP contribution < -0.4 is 10.1 Å². The van der Waals surface area contributed by atoms with Crippen molar-refractivity contribution in [3.63, 3.8) is 0 Å². The highest BCUT2D eigenvalue weighted by molar-refractivity contribution is 5.30. The minimum absolute atomic E-state index is 0.408. The van der Waals surface area contributed by atoms with Gasteiger partial charge in [0.15, 0.2) is 0 Å². The van der Waals surface area contributed by atoms with Gasteiger partial charge in [-0.2, -0.15) is 0 Å². The van der Waals surface area contributed by atoms with E-state index in [0.717, 1.165) is 18.3 Å². The van der Waals surface area contributed by atoms with E-state index in [2.05, 4.69) is 42.5 Å². The molecule has 0 aromatic heterocycles. The van der Waals surface area contributed by atoms with Crippen molar-refractivity contribution in [2.24, 2.45) is 0 Å². The molecule has 1 aliphatic carbocycles. The van der Waals surface area contributed by atoms with E-state index in [-0.39, 0.29) is 0 Å². The molecule has 0 aliphatic heterocycles. The van der Waals surface area contributed by atoms with E-state index in [9.17, 15) is 0 Å². The molecule has 1 aromatic carbocycles. The molecule has 1 unspecified atom stereocenters. The lowest BCUT2D eigenvalue weighted by Crippen LogP contribution is -2.32. The molecule has 0 radical (unpaired) electrons. The van der Waals surface area contributed by atoms with Crippen molar-refractivity contribution >= 4 is 0 Å². The Labute approximate surface area is 104 Å². The van der Waals surface area contributed by atoms with E-state index in [0.29, 0.717) is 6.04 Å². The topological polar surface area (TPSA) is 24.5 Å². The van der Waals surface area contributed by atoms with Crippen LogP contribution in [0.2, 0.25) is 0 Å². The summed E-state index contributed by atoms with van der Waals surface area (Å²) in [5.74, 6) is 0.931. The largest absolute Gasteiger partial charge is 0.497 e. The molecule has 17 heavy (non-hydrogen) atoms. The van der Waals surface area contributed by atoms with Gasteiger partial charge in [0.2, 0.25) is 0 Å². The number of ether oxygens (including phenoxy) is 1. The zero-order chi connectivity index (χ0) is 12.3. The fourth-order valence-corrected chi connectivity index (χ4v) is 2.01. The molecule has 94 valence electrons. The first-order chi connectivity index (χ1) is 8.20. The third-order valence-corrected chi connectivity index (χ3v) is 3.28. The number of nitrogens with zero attached hydrogens (tertiary/aromatic N) is 1. The number of rotatable bonds is 6.